The van der Waals surface area contributed by atoms with Crippen LogP contribution in [0.5, 0.6) is 0 Å². The Morgan fingerprint density at radius 3 is 2.89 bits per heavy atom. The van der Waals surface area contributed by atoms with Crippen LogP contribution in [0.25, 0.3) is 0 Å². The average molecular weight is 265 g/mol. The fourth-order valence-electron chi connectivity index (χ4n) is 3.10. The Labute approximate surface area is 113 Å². The van der Waals surface area contributed by atoms with E-state index in [2.05, 4.69) is 12.2 Å². The van der Waals surface area contributed by atoms with E-state index in [1.165, 1.54) is 13.2 Å². The molecular weight excluding hydrogens is 245 g/mol. The zero-order valence-electron chi connectivity index (χ0n) is 11.4. The highest BCUT2D eigenvalue weighted by molar-refractivity contribution is 5.85. The van der Waals surface area contributed by atoms with Crippen LogP contribution in [0.3, 0.4) is 0 Å². The molecule has 1 aliphatic rings. The molecule has 19 heavy (non-hydrogen) atoms. The molecule has 1 saturated carbocycles. The highest BCUT2D eigenvalue weighted by Gasteiger charge is 2.49. The molecule has 1 N–H and O–H groups in total. The molecule has 3 nitrogen and oxygen atoms in total. The summed E-state index contributed by atoms with van der Waals surface area (Å²) < 4.78 is 18.8. The smallest absolute Gasteiger partial charge is 0.331 e. The number of halogens is 1. The molecule has 0 aliphatic heterocycles. The zero-order valence-corrected chi connectivity index (χ0v) is 11.4. The molecule has 1 aromatic carbocycles. The van der Waals surface area contributed by atoms with Crippen LogP contribution in [-0.2, 0) is 9.53 Å². The molecule has 0 radical (unpaired) electrons. The Morgan fingerprint density at radius 2 is 2.26 bits per heavy atom. The van der Waals surface area contributed by atoms with Crippen LogP contribution in [-0.4, -0.2) is 18.6 Å². The molecule has 0 heterocycles. The van der Waals surface area contributed by atoms with Gasteiger partial charge < -0.3 is 10.1 Å². The monoisotopic (exact) mass is 265 g/mol. The Balaban J connectivity index is 2.34. The van der Waals surface area contributed by atoms with Crippen molar-refractivity contribution >= 4 is 11.7 Å². The number of hydrogen-bond acceptors (Lipinski definition) is 3. The summed E-state index contributed by atoms with van der Waals surface area (Å²) in [5.41, 5.74) is -0.417. The predicted molar refractivity (Wildman–Crippen MR) is 72.4 cm³/mol. The van der Waals surface area contributed by atoms with Gasteiger partial charge in [-0.1, -0.05) is 31.9 Å². The number of rotatable bonds is 4. The first-order valence-corrected chi connectivity index (χ1v) is 6.75. The van der Waals surface area contributed by atoms with Crippen LogP contribution >= 0.6 is 0 Å². The maximum atomic E-state index is 13.8. The number of para-hydroxylation sites is 1. The van der Waals surface area contributed by atoms with Crippen molar-refractivity contribution in [2.45, 2.75) is 38.1 Å². The summed E-state index contributed by atoms with van der Waals surface area (Å²) in [6.07, 6.45) is 3.48. The van der Waals surface area contributed by atoms with E-state index in [0.29, 0.717) is 12.1 Å². The summed E-state index contributed by atoms with van der Waals surface area (Å²) in [6, 6.07) is 6.44. The fraction of sp³-hybridized carbons (Fsp3) is 0.533. The molecule has 0 bridgehead atoms. The summed E-state index contributed by atoms with van der Waals surface area (Å²) >= 11 is 0. The molecule has 1 aliphatic carbocycles. The van der Waals surface area contributed by atoms with Gasteiger partial charge >= 0.3 is 5.97 Å². The highest BCUT2D eigenvalue weighted by Crippen LogP contribution is 2.41. The predicted octanol–water partition coefficient (Wildman–Crippen LogP) is 3.36. The van der Waals surface area contributed by atoms with Crippen molar-refractivity contribution in [1.29, 1.82) is 0 Å². The van der Waals surface area contributed by atoms with Crippen molar-refractivity contribution in [3.8, 4) is 0 Å². The number of hydrogen-bond donors (Lipinski definition) is 1. The van der Waals surface area contributed by atoms with Crippen LogP contribution in [0.1, 0.15) is 32.6 Å². The minimum Gasteiger partial charge on any atom is -0.467 e. The number of esters is 1. The summed E-state index contributed by atoms with van der Waals surface area (Å²) in [7, 11) is 1.39. The van der Waals surface area contributed by atoms with Gasteiger partial charge in [-0.05, 0) is 30.9 Å². The highest BCUT2D eigenvalue weighted by atomic mass is 19.1. The number of carbonyl (C=O) groups excluding carboxylic acids is 1. The Bertz CT molecular complexity index is 463. The molecule has 2 rings (SSSR count). The van der Waals surface area contributed by atoms with Gasteiger partial charge in [-0.3, -0.25) is 0 Å². The number of nitrogens with one attached hydrogen (secondary N) is 1. The third kappa shape index (κ3) is 2.44. The standard InChI is InChI=1S/C15H20FNO2/c1-3-11-7-6-10-15(11,14(18)19-2)17-13-9-5-4-8-12(13)16/h4-5,8-9,11,17H,3,6-7,10H2,1-2H3. The minimum atomic E-state index is -0.786. The topological polar surface area (TPSA) is 38.3 Å². The molecule has 1 aromatic rings. The van der Waals surface area contributed by atoms with Gasteiger partial charge in [0.1, 0.15) is 11.4 Å². The van der Waals surface area contributed by atoms with Crippen LogP contribution in [0.15, 0.2) is 24.3 Å². The third-order valence-corrected chi connectivity index (χ3v) is 4.09. The van der Waals surface area contributed by atoms with Crippen molar-refractivity contribution in [3.63, 3.8) is 0 Å². The van der Waals surface area contributed by atoms with E-state index in [0.717, 1.165) is 19.3 Å². The van der Waals surface area contributed by atoms with E-state index < -0.39 is 5.54 Å². The molecule has 104 valence electrons. The summed E-state index contributed by atoms with van der Waals surface area (Å²) in [5, 5.41) is 3.12. The van der Waals surface area contributed by atoms with Gasteiger partial charge in [0.2, 0.25) is 0 Å². The fourth-order valence-corrected chi connectivity index (χ4v) is 3.10. The van der Waals surface area contributed by atoms with E-state index in [1.807, 2.05) is 0 Å². The van der Waals surface area contributed by atoms with Crippen molar-refractivity contribution in [2.24, 2.45) is 5.92 Å². The van der Waals surface area contributed by atoms with Crippen molar-refractivity contribution in [2.75, 3.05) is 12.4 Å². The lowest BCUT2D eigenvalue weighted by Crippen LogP contribution is -2.50. The average Bonchev–Trinajstić information content (AvgIpc) is 2.84. The third-order valence-electron chi connectivity index (χ3n) is 4.09. The van der Waals surface area contributed by atoms with Gasteiger partial charge in [-0.15, -0.1) is 0 Å². The first-order valence-electron chi connectivity index (χ1n) is 6.75. The summed E-state index contributed by atoms with van der Waals surface area (Å²) in [5.74, 6) is -0.452. The molecule has 4 heteroatoms. The molecule has 1 fully saturated rings. The largest absolute Gasteiger partial charge is 0.467 e. The number of anilines is 1. The first-order chi connectivity index (χ1) is 9.14. The number of benzene rings is 1. The number of ether oxygens (including phenoxy) is 1. The van der Waals surface area contributed by atoms with Gasteiger partial charge in [0, 0.05) is 0 Å². The molecule has 2 atom stereocenters. The van der Waals surface area contributed by atoms with Crippen molar-refractivity contribution < 1.29 is 13.9 Å². The lowest BCUT2D eigenvalue weighted by molar-refractivity contribution is -0.147. The van der Waals surface area contributed by atoms with E-state index in [1.54, 1.807) is 18.2 Å². The molecular formula is C15H20FNO2. The van der Waals surface area contributed by atoms with Crippen LogP contribution in [0.4, 0.5) is 10.1 Å². The minimum absolute atomic E-state index is 0.180. The summed E-state index contributed by atoms with van der Waals surface area (Å²) in [4.78, 5) is 12.2. The van der Waals surface area contributed by atoms with Gasteiger partial charge in [-0.2, -0.15) is 0 Å². The quantitative estimate of drug-likeness (QED) is 0.848. The van der Waals surface area contributed by atoms with E-state index in [-0.39, 0.29) is 17.7 Å². The van der Waals surface area contributed by atoms with Crippen LogP contribution < -0.4 is 5.32 Å². The molecule has 0 amide bonds. The Kier molecular flexibility index (Phi) is 4.08. The molecule has 0 spiro atoms. The number of methoxy groups -OCH3 is 1. The Hall–Kier alpha value is -1.58. The molecule has 2 unspecified atom stereocenters. The van der Waals surface area contributed by atoms with E-state index >= 15 is 0 Å². The second-order valence-corrected chi connectivity index (χ2v) is 5.07. The van der Waals surface area contributed by atoms with Crippen LogP contribution in [0, 0.1) is 11.7 Å². The second kappa shape index (κ2) is 5.59. The maximum Gasteiger partial charge on any atom is 0.331 e. The lowest BCUT2D eigenvalue weighted by Gasteiger charge is -2.34. The van der Waals surface area contributed by atoms with E-state index in [9.17, 15) is 9.18 Å². The summed E-state index contributed by atoms with van der Waals surface area (Å²) in [6.45, 7) is 2.05. The van der Waals surface area contributed by atoms with Gasteiger partial charge in [0.05, 0.1) is 12.8 Å². The molecule has 0 saturated heterocycles. The van der Waals surface area contributed by atoms with Crippen molar-refractivity contribution in [3.05, 3.63) is 30.1 Å². The first kappa shape index (κ1) is 13.8. The molecule has 0 aromatic heterocycles. The zero-order chi connectivity index (χ0) is 13.9. The number of carbonyl (C=O) groups is 1. The SMILES string of the molecule is CCC1CCCC1(Nc1ccccc1F)C(=O)OC. The Morgan fingerprint density at radius 1 is 1.53 bits per heavy atom. The van der Waals surface area contributed by atoms with Gasteiger partial charge in [0.25, 0.3) is 0 Å². The maximum absolute atomic E-state index is 13.8. The van der Waals surface area contributed by atoms with Crippen LogP contribution in [0.2, 0.25) is 0 Å². The van der Waals surface area contributed by atoms with E-state index in [4.69, 9.17) is 4.74 Å². The lowest BCUT2D eigenvalue weighted by atomic mass is 9.84. The van der Waals surface area contributed by atoms with Crippen molar-refractivity contribution in [1.82, 2.24) is 0 Å². The second-order valence-electron chi connectivity index (χ2n) is 5.07. The van der Waals surface area contributed by atoms with Gasteiger partial charge in [-0.25, -0.2) is 9.18 Å². The normalized spacial score (nSPS) is 26.2. The van der Waals surface area contributed by atoms with Gasteiger partial charge in [0.15, 0.2) is 0 Å².